The van der Waals surface area contributed by atoms with Gasteiger partial charge in [-0.3, -0.25) is 9.69 Å². The molecule has 2 aromatic heterocycles. The highest BCUT2D eigenvalue weighted by Gasteiger charge is 2.32. The third-order valence-electron chi connectivity index (χ3n) is 4.15. The standard InChI is InChI=1S/C18H14F3N5OS/c19-18(20,21)14-6-7-22-16(25-14)24-12-4-1-3-11(9-12)13-10-23-17(28-13)26-8-2-5-15(26)27/h1,3-4,6-7,9-10H,2,5,8H2,(H,22,24,25). The molecule has 3 aromatic rings. The van der Waals surface area contributed by atoms with Crippen LogP contribution in [0.4, 0.5) is 29.9 Å². The first-order valence-electron chi connectivity index (χ1n) is 8.44. The van der Waals surface area contributed by atoms with E-state index < -0.39 is 11.9 Å². The van der Waals surface area contributed by atoms with Gasteiger partial charge in [0.25, 0.3) is 0 Å². The van der Waals surface area contributed by atoms with Crippen LogP contribution in [-0.2, 0) is 11.0 Å². The molecular weight excluding hydrogens is 391 g/mol. The number of carbonyl (C=O) groups excluding carboxylic acids is 1. The zero-order chi connectivity index (χ0) is 19.7. The topological polar surface area (TPSA) is 71.0 Å². The largest absolute Gasteiger partial charge is 0.433 e. The van der Waals surface area contributed by atoms with Crippen LogP contribution in [0.5, 0.6) is 0 Å². The van der Waals surface area contributed by atoms with Gasteiger partial charge in [0, 0.05) is 31.0 Å². The molecule has 1 amide bonds. The number of aromatic nitrogens is 3. The Morgan fingerprint density at radius 2 is 2.04 bits per heavy atom. The van der Waals surface area contributed by atoms with E-state index in [9.17, 15) is 18.0 Å². The molecule has 10 heteroatoms. The van der Waals surface area contributed by atoms with E-state index in [1.165, 1.54) is 11.3 Å². The first kappa shape index (κ1) is 18.4. The Morgan fingerprint density at radius 3 is 2.79 bits per heavy atom. The molecule has 1 fully saturated rings. The van der Waals surface area contributed by atoms with Gasteiger partial charge in [-0.05, 0) is 30.2 Å². The number of rotatable bonds is 4. The van der Waals surface area contributed by atoms with Crippen molar-refractivity contribution in [3.05, 3.63) is 48.4 Å². The summed E-state index contributed by atoms with van der Waals surface area (Å²) >= 11 is 1.39. The highest BCUT2D eigenvalue weighted by molar-refractivity contribution is 7.19. The van der Waals surface area contributed by atoms with Gasteiger partial charge in [0.05, 0.1) is 4.88 Å². The second kappa shape index (κ2) is 7.19. The van der Waals surface area contributed by atoms with Crippen LogP contribution < -0.4 is 10.2 Å². The Bertz CT molecular complexity index is 1020. The zero-order valence-electron chi connectivity index (χ0n) is 14.4. The highest BCUT2D eigenvalue weighted by atomic mass is 32.1. The number of hydrogen-bond acceptors (Lipinski definition) is 6. The van der Waals surface area contributed by atoms with Crippen LogP contribution in [0.3, 0.4) is 0 Å². The van der Waals surface area contributed by atoms with E-state index in [1.807, 2.05) is 6.07 Å². The minimum Gasteiger partial charge on any atom is -0.324 e. The third-order valence-corrected chi connectivity index (χ3v) is 5.22. The van der Waals surface area contributed by atoms with Crippen molar-refractivity contribution in [3.8, 4) is 10.4 Å². The molecule has 4 rings (SSSR count). The fourth-order valence-electron chi connectivity index (χ4n) is 2.83. The van der Waals surface area contributed by atoms with Crippen LogP contribution >= 0.6 is 11.3 Å². The second-order valence-corrected chi connectivity index (χ2v) is 7.13. The van der Waals surface area contributed by atoms with Crippen molar-refractivity contribution < 1.29 is 18.0 Å². The Hall–Kier alpha value is -3.01. The molecule has 0 radical (unpaired) electrons. The lowest BCUT2D eigenvalue weighted by Crippen LogP contribution is -2.23. The lowest BCUT2D eigenvalue weighted by Gasteiger charge is -2.10. The van der Waals surface area contributed by atoms with Gasteiger partial charge >= 0.3 is 6.18 Å². The smallest absolute Gasteiger partial charge is 0.324 e. The minimum atomic E-state index is -4.53. The van der Waals surface area contributed by atoms with Crippen molar-refractivity contribution >= 4 is 34.0 Å². The van der Waals surface area contributed by atoms with E-state index in [4.69, 9.17) is 0 Å². The maximum atomic E-state index is 12.8. The number of benzene rings is 1. The first-order valence-corrected chi connectivity index (χ1v) is 9.26. The summed E-state index contributed by atoms with van der Waals surface area (Å²) in [6, 6.07) is 7.93. The van der Waals surface area contributed by atoms with E-state index in [0.717, 1.165) is 29.1 Å². The van der Waals surface area contributed by atoms with Crippen LogP contribution in [0.2, 0.25) is 0 Å². The number of amides is 1. The van der Waals surface area contributed by atoms with E-state index >= 15 is 0 Å². The van der Waals surface area contributed by atoms with Crippen LogP contribution in [0.15, 0.2) is 42.7 Å². The lowest BCUT2D eigenvalue weighted by atomic mass is 10.2. The number of alkyl halides is 3. The Balaban J connectivity index is 1.56. The van der Waals surface area contributed by atoms with E-state index in [0.29, 0.717) is 23.8 Å². The lowest BCUT2D eigenvalue weighted by molar-refractivity contribution is -0.141. The highest BCUT2D eigenvalue weighted by Crippen LogP contribution is 2.34. The van der Waals surface area contributed by atoms with Crippen molar-refractivity contribution in [2.75, 3.05) is 16.8 Å². The molecule has 0 unspecified atom stereocenters. The van der Waals surface area contributed by atoms with Crippen molar-refractivity contribution in [1.29, 1.82) is 0 Å². The number of nitrogens with zero attached hydrogens (tertiary/aromatic N) is 4. The molecular formula is C18H14F3N5OS. The molecule has 28 heavy (non-hydrogen) atoms. The number of anilines is 3. The number of nitrogens with one attached hydrogen (secondary N) is 1. The molecule has 0 saturated carbocycles. The molecule has 1 aliphatic rings. The molecule has 1 N–H and O–H groups in total. The van der Waals surface area contributed by atoms with E-state index in [2.05, 4.69) is 20.3 Å². The quantitative estimate of drug-likeness (QED) is 0.693. The summed E-state index contributed by atoms with van der Waals surface area (Å²) in [7, 11) is 0. The SMILES string of the molecule is O=C1CCCN1c1ncc(-c2cccc(Nc3nccc(C(F)(F)F)n3)c2)s1. The van der Waals surface area contributed by atoms with E-state index in [-0.39, 0.29) is 11.9 Å². The maximum absolute atomic E-state index is 12.8. The summed E-state index contributed by atoms with van der Waals surface area (Å²) in [5.41, 5.74) is 0.361. The normalized spacial score (nSPS) is 14.5. The molecule has 3 heterocycles. The van der Waals surface area contributed by atoms with Gasteiger partial charge in [-0.15, -0.1) is 0 Å². The molecule has 0 spiro atoms. The average molecular weight is 405 g/mol. The molecule has 6 nitrogen and oxygen atoms in total. The summed E-state index contributed by atoms with van der Waals surface area (Å²) in [5, 5.41) is 3.44. The van der Waals surface area contributed by atoms with Crippen molar-refractivity contribution in [2.24, 2.45) is 0 Å². The van der Waals surface area contributed by atoms with Crippen LogP contribution in [-0.4, -0.2) is 27.4 Å². The van der Waals surface area contributed by atoms with Crippen molar-refractivity contribution in [1.82, 2.24) is 15.0 Å². The van der Waals surface area contributed by atoms with Gasteiger partial charge in [0.1, 0.15) is 5.69 Å². The predicted octanol–water partition coefficient (Wildman–Crippen LogP) is 4.49. The summed E-state index contributed by atoms with van der Waals surface area (Å²) in [6.07, 6.45) is -0.432. The predicted molar refractivity (Wildman–Crippen MR) is 99.5 cm³/mol. The van der Waals surface area contributed by atoms with Crippen molar-refractivity contribution in [3.63, 3.8) is 0 Å². The second-order valence-electron chi connectivity index (χ2n) is 6.13. The molecule has 1 aromatic carbocycles. The molecule has 0 atom stereocenters. The van der Waals surface area contributed by atoms with Crippen LogP contribution in [0, 0.1) is 0 Å². The molecule has 144 valence electrons. The van der Waals surface area contributed by atoms with Crippen molar-refractivity contribution in [2.45, 2.75) is 19.0 Å². The summed E-state index contributed by atoms with van der Waals surface area (Å²) in [5.74, 6) is -0.0716. The average Bonchev–Trinajstić information content (AvgIpc) is 3.30. The summed E-state index contributed by atoms with van der Waals surface area (Å²) in [6.45, 7) is 0.667. The maximum Gasteiger partial charge on any atom is 0.433 e. The van der Waals surface area contributed by atoms with Gasteiger partial charge in [-0.1, -0.05) is 23.5 Å². The minimum absolute atomic E-state index is 0.0676. The number of carbonyl (C=O) groups is 1. The number of hydrogen-bond donors (Lipinski definition) is 1. The Labute approximate surface area is 162 Å². The van der Waals surface area contributed by atoms with Crippen LogP contribution in [0.1, 0.15) is 18.5 Å². The first-order chi connectivity index (χ1) is 13.4. The fourth-order valence-corrected chi connectivity index (χ4v) is 3.79. The Morgan fingerprint density at radius 1 is 1.18 bits per heavy atom. The molecule has 1 saturated heterocycles. The summed E-state index contributed by atoms with van der Waals surface area (Å²) < 4.78 is 38.4. The summed E-state index contributed by atoms with van der Waals surface area (Å²) in [4.78, 5) is 26.1. The zero-order valence-corrected chi connectivity index (χ0v) is 15.2. The molecule has 0 aliphatic carbocycles. The monoisotopic (exact) mass is 405 g/mol. The number of halogens is 3. The van der Waals surface area contributed by atoms with E-state index in [1.54, 1.807) is 29.3 Å². The van der Waals surface area contributed by atoms with Gasteiger partial charge in [0.2, 0.25) is 11.9 Å². The van der Waals surface area contributed by atoms with Gasteiger partial charge < -0.3 is 5.32 Å². The fraction of sp³-hybridized carbons (Fsp3) is 0.222. The number of thiazole rings is 1. The van der Waals surface area contributed by atoms with Gasteiger partial charge in [-0.25, -0.2) is 15.0 Å². The van der Waals surface area contributed by atoms with Gasteiger partial charge in [-0.2, -0.15) is 13.2 Å². The molecule has 1 aliphatic heterocycles. The van der Waals surface area contributed by atoms with Crippen LogP contribution in [0.25, 0.3) is 10.4 Å². The van der Waals surface area contributed by atoms with Gasteiger partial charge in [0.15, 0.2) is 5.13 Å². The molecule has 0 bridgehead atoms. The third kappa shape index (κ3) is 3.81. The Kier molecular flexibility index (Phi) is 4.71.